The standard InChI is InChI=1S/C26H37N7O6S/c1-3-39-26(36)22(31-25(35)19-15-33(16-19)40(37,38)21-13-29-32(2)17-21)14-28-23(34)9-5-4-8-20-11-10-18-7-6-12-27-24(18)30-20/h10-11,13,17,19,22H,3-9,12,14-16H2,1-2H3,(H,27,30)(H,28,34)(H,31,35). The van der Waals surface area contributed by atoms with Crippen LogP contribution in [-0.4, -0.2) is 84.1 Å². The number of nitrogens with zero attached hydrogens (tertiary/aromatic N) is 4. The van der Waals surface area contributed by atoms with Gasteiger partial charge in [-0.05, 0) is 50.7 Å². The monoisotopic (exact) mass is 575 g/mol. The normalized spacial score (nSPS) is 16.2. The number of nitrogens with one attached hydrogen (secondary N) is 3. The first kappa shape index (κ1) is 29.5. The Morgan fingerprint density at radius 2 is 2.02 bits per heavy atom. The maximum absolute atomic E-state index is 12.8. The second-order valence-electron chi connectivity index (χ2n) is 10.0. The van der Waals surface area contributed by atoms with Crippen molar-refractivity contribution in [3.63, 3.8) is 0 Å². The fraction of sp³-hybridized carbons (Fsp3) is 0.577. The minimum absolute atomic E-state index is 0.0138. The molecule has 2 aliphatic heterocycles. The maximum Gasteiger partial charge on any atom is 0.330 e. The Bertz CT molecular complexity index is 1320. The fourth-order valence-corrected chi connectivity index (χ4v) is 6.13. The number of carbonyl (C=O) groups is 3. The number of ether oxygens (including phenoxy) is 1. The summed E-state index contributed by atoms with van der Waals surface area (Å²) in [6.45, 7) is 2.55. The summed E-state index contributed by atoms with van der Waals surface area (Å²) < 4.78 is 32.9. The number of pyridine rings is 1. The Morgan fingerprint density at radius 1 is 1.23 bits per heavy atom. The SMILES string of the molecule is CCOC(=O)C(CNC(=O)CCCCc1ccc2c(n1)NCCC2)NC(=O)C1CN(S(=O)(=O)c2cnn(C)c2)C1. The third-order valence-corrected chi connectivity index (χ3v) is 8.75. The maximum atomic E-state index is 12.8. The van der Waals surface area contributed by atoms with Crippen LogP contribution in [0.25, 0.3) is 0 Å². The first-order chi connectivity index (χ1) is 19.2. The molecule has 1 fully saturated rings. The Morgan fingerprint density at radius 3 is 2.75 bits per heavy atom. The molecule has 2 aromatic rings. The number of carbonyl (C=O) groups excluding carboxylic acids is 3. The molecular weight excluding hydrogens is 538 g/mol. The first-order valence-electron chi connectivity index (χ1n) is 13.6. The molecule has 2 amide bonds. The van der Waals surface area contributed by atoms with E-state index in [1.807, 2.05) is 6.07 Å². The van der Waals surface area contributed by atoms with Crippen molar-refractivity contribution in [3.8, 4) is 0 Å². The van der Waals surface area contributed by atoms with E-state index in [0.29, 0.717) is 6.42 Å². The van der Waals surface area contributed by atoms with Crippen LogP contribution in [0.5, 0.6) is 0 Å². The van der Waals surface area contributed by atoms with Gasteiger partial charge in [-0.3, -0.25) is 14.3 Å². The molecule has 1 saturated heterocycles. The largest absolute Gasteiger partial charge is 0.464 e. The minimum atomic E-state index is -3.74. The Balaban J connectivity index is 1.20. The molecule has 4 rings (SSSR count). The van der Waals surface area contributed by atoms with Gasteiger partial charge in [0.25, 0.3) is 0 Å². The molecule has 14 heteroatoms. The van der Waals surface area contributed by atoms with Gasteiger partial charge in [0.05, 0.1) is 18.7 Å². The van der Waals surface area contributed by atoms with E-state index >= 15 is 0 Å². The minimum Gasteiger partial charge on any atom is -0.464 e. The van der Waals surface area contributed by atoms with Gasteiger partial charge in [-0.1, -0.05) is 6.07 Å². The van der Waals surface area contributed by atoms with E-state index in [0.717, 1.165) is 43.7 Å². The van der Waals surface area contributed by atoms with Crippen LogP contribution in [-0.2, 0) is 49.0 Å². The molecule has 0 bridgehead atoms. The van der Waals surface area contributed by atoms with Crippen LogP contribution in [0.2, 0.25) is 0 Å². The summed E-state index contributed by atoms with van der Waals surface area (Å²) in [5.41, 5.74) is 2.23. The Kier molecular flexibility index (Phi) is 9.74. The zero-order chi connectivity index (χ0) is 28.7. The predicted molar refractivity (Wildman–Crippen MR) is 146 cm³/mol. The van der Waals surface area contributed by atoms with Crippen LogP contribution < -0.4 is 16.0 Å². The van der Waals surface area contributed by atoms with Gasteiger partial charge >= 0.3 is 5.97 Å². The summed E-state index contributed by atoms with van der Waals surface area (Å²) in [7, 11) is -2.13. The second-order valence-corrected chi connectivity index (χ2v) is 12.0. The van der Waals surface area contributed by atoms with Gasteiger partial charge in [0.1, 0.15) is 16.8 Å². The van der Waals surface area contributed by atoms with Gasteiger partial charge in [-0.25, -0.2) is 18.2 Å². The van der Waals surface area contributed by atoms with E-state index < -0.39 is 33.9 Å². The molecule has 0 radical (unpaired) electrons. The summed E-state index contributed by atoms with van der Waals surface area (Å²) in [6, 6.07) is 3.07. The molecule has 40 heavy (non-hydrogen) atoms. The van der Waals surface area contributed by atoms with Crippen LogP contribution in [0.4, 0.5) is 5.82 Å². The van der Waals surface area contributed by atoms with E-state index in [2.05, 4.69) is 32.1 Å². The lowest BCUT2D eigenvalue weighted by atomic mass is 10.0. The summed E-state index contributed by atoms with van der Waals surface area (Å²) in [6.07, 6.45) is 7.27. The molecule has 0 aliphatic carbocycles. The summed E-state index contributed by atoms with van der Waals surface area (Å²) in [4.78, 5) is 42.3. The lowest BCUT2D eigenvalue weighted by Gasteiger charge is -2.37. The highest BCUT2D eigenvalue weighted by molar-refractivity contribution is 7.89. The summed E-state index contributed by atoms with van der Waals surface area (Å²) in [5.74, 6) is -1.04. The molecule has 0 aromatic carbocycles. The summed E-state index contributed by atoms with van der Waals surface area (Å²) >= 11 is 0. The van der Waals surface area contributed by atoms with Gasteiger partial charge in [0, 0.05) is 51.5 Å². The number of hydrogen-bond donors (Lipinski definition) is 3. The Labute approximate surface area is 234 Å². The number of rotatable bonds is 13. The van der Waals surface area contributed by atoms with Crippen LogP contribution in [0.15, 0.2) is 29.4 Å². The quantitative estimate of drug-likeness (QED) is 0.226. The number of unbranched alkanes of at least 4 members (excludes halogenated alkanes) is 1. The van der Waals surface area contributed by atoms with Crippen molar-refractivity contribution in [2.75, 3.05) is 38.1 Å². The predicted octanol–water partition coefficient (Wildman–Crippen LogP) is 0.371. The highest BCUT2D eigenvalue weighted by atomic mass is 32.2. The van der Waals surface area contributed by atoms with Crippen molar-refractivity contribution in [3.05, 3.63) is 35.8 Å². The van der Waals surface area contributed by atoms with Crippen molar-refractivity contribution in [1.29, 1.82) is 0 Å². The molecule has 13 nitrogen and oxygen atoms in total. The number of amides is 2. The van der Waals surface area contributed by atoms with Gasteiger partial charge in [-0.2, -0.15) is 9.40 Å². The third kappa shape index (κ3) is 7.36. The van der Waals surface area contributed by atoms with Crippen LogP contribution in [0.1, 0.15) is 43.9 Å². The van der Waals surface area contributed by atoms with E-state index in [9.17, 15) is 22.8 Å². The van der Waals surface area contributed by atoms with Crippen molar-refractivity contribution in [1.82, 2.24) is 29.7 Å². The van der Waals surface area contributed by atoms with Crippen molar-refractivity contribution >= 4 is 33.6 Å². The molecule has 1 unspecified atom stereocenters. The molecular formula is C26H37N7O6S. The average Bonchev–Trinajstić information content (AvgIpc) is 3.35. The topological polar surface area (TPSA) is 165 Å². The molecule has 2 aromatic heterocycles. The number of sulfonamides is 1. The lowest BCUT2D eigenvalue weighted by molar-refractivity contribution is -0.148. The average molecular weight is 576 g/mol. The Hall–Kier alpha value is -3.52. The second kappa shape index (κ2) is 13.2. The van der Waals surface area contributed by atoms with Gasteiger partial charge in [0.2, 0.25) is 21.8 Å². The van der Waals surface area contributed by atoms with Crippen molar-refractivity contribution in [2.24, 2.45) is 13.0 Å². The highest BCUT2D eigenvalue weighted by Gasteiger charge is 2.42. The number of aryl methyl sites for hydroxylation is 3. The number of anilines is 1. The van der Waals surface area contributed by atoms with Gasteiger partial charge in [-0.15, -0.1) is 0 Å². The smallest absolute Gasteiger partial charge is 0.330 e. The van der Waals surface area contributed by atoms with Crippen LogP contribution >= 0.6 is 0 Å². The lowest BCUT2D eigenvalue weighted by Crippen LogP contribution is -2.59. The summed E-state index contributed by atoms with van der Waals surface area (Å²) in [5, 5.41) is 12.5. The van der Waals surface area contributed by atoms with Gasteiger partial charge in [0.15, 0.2) is 0 Å². The third-order valence-electron chi connectivity index (χ3n) is 6.97. The molecule has 218 valence electrons. The first-order valence-corrected chi connectivity index (χ1v) is 15.1. The zero-order valence-electron chi connectivity index (χ0n) is 22.9. The fourth-order valence-electron chi connectivity index (χ4n) is 4.61. The molecule has 3 N–H and O–H groups in total. The van der Waals surface area contributed by atoms with E-state index in [4.69, 9.17) is 4.74 Å². The number of esters is 1. The molecule has 2 aliphatic rings. The van der Waals surface area contributed by atoms with E-state index in [1.54, 1.807) is 14.0 Å². The molecule has 0 saturated carbocycles. The van der Waals surface area contributed by atoms with Gasteiger partial charge < -0.3 is 20.7 Å². The van der Waals surface area contributed by atoms with Crippen molar-refractivity contribution < 1.29 is 27.5 Å². The zero-order valence-corrected chi connectivity index (χ0v) is 23.7. The molecule has 1 atom stereocenters. The van der Waals surface area contributed by atoms with E-state index in [1.165, 1.54) is 26.9 Å². The van der Waals surface area contributed by atoms with E-state index in [-0.39, 0.29) is 43.5 Å². The number of hydrogen-bond acceptors (Lipinski definition) is 9. The van der Waals surface area contributed by atoms with Crippen molar-refractivity contribution in [2.45, 2.75) is 56.4 Å². The molecule has 4 heterocycles. The van der Waals surface area contributed by atoms with Crippen LogP contribution in [0.3, 0.4) is 0 Å². The number of fused-ring (bicyclic) bond motifs is 1. The van der Waals surface area contributed by atoms with Crippen LogP contribution in [0, 0.1) is 5.92 Å². The highest BCUT2D eigenvalue weighted by Crippen LogP contribution is 2.25. The molecule has 0 spiro atoms. The number of aromatic nitrogens is 3.